The molecule has 0 saturated heterocycles. The number of pyridine rings is 1. The summed E-state index contributed by atoms with van der Waals surface area (Å²) in [6, 6.07) is 66.1. The molecule has 3 heterocycles. The van der Waals surface area contributed by atoms with Gasteiger partial charge in [-0.15, -0.1) is 0 Å². The second-order valence-electron chi connectivity index (χ2n) is 17.9. The van der Waals surface area contributed by atoms with Crippen molar-refractivity contribution in [2.24, 2.45) is 0 Å². The Bertz CT molecular complexity index is 3150. The maximum Gasteiger partial charge on any atom is 0.503 e. The van der Waals surface area contributed by atoms with E-state index in [2.05, 4.69) is 231 Å². The van der Waals surface area contributed by atoms with E-state index < -0.39 is 0 Å². The second-order valence-corrected chi connectivity index (χ2v) is 17.9. The van der Waals surface area contributed by atoms with Crippen LogP contribution in [0.25, 0.3) is 49.9 Å². The first kappa shape index (κ1) is 37.9. The average molecular weight is 793 g/mol. The Hall–Kier alpha value is -7.33. The van der Waals surface area contributed by atoms with Crippen LogP contribution in [0.3, 0.4) is 0 Å². The SMILES string of the molecule is CC(C)(C)c1ccnc(-n2c3ccccc3c3ccc(Oc4cccc([N+]5=C=[N+](c6c(-c7ccccc7)cc(C(C)(C)C)cc6-c6ccccc6)c6ccccc65)c4)cc32)c1. The highest BCUT2D eigenvalue weighted by atomic mass is 16.5. The van der Waals surface area contributed by atoms with Crippen LogP contribution in [-0.2, 0) is 10.8 Å². The Labute approximate surface area is 357 Å². The molecule has 296 valence electrons. The molecule has 1 aliphatic heterocycles. The topological polar surface area (TPSA) is 33.1 Å². The minimum absolute atomic E-state index is 0.0112. The number of aromatic nitrogens is 2. The van der Waals surface area contributed by atoms with Crippen molar-refractivity contribution >= 4 is 50.6 Å². The summed E-state index contributed by atoms with van der Waals surface area (Å²) in [7, 11) is 0. The Balaban J connectivity index is 1.12. The van der Waals surface area contributed by atoms with Gasteiger partial charge in [0.1, 0.15) is 17.3 Å². The Morgan fingerprint density at radius 1 is 0.492 bits per heavy atom. The van der Waals surface area contributed by atoms with Crippen molar-refractivity contribution in [3.05, 3.63) is 193 Å². The molecule has 0 aliphatic carbocycles. The van der Waals surface area contributed by atoms with Gasteiger partial charge in [0.2, 0.25) is 11.4 Å². The van der Waals surface area contributed by atoms with Crippen LogP contribution in [0.2, 0.25) is 0 Å². The Morgan fingerprint density at radius 2 is 1.08 bits per heavy atom. The summed E-state index contributed by atoms with van der Waals surface area (Å²) in [5.41, 5.74) is 13.3. The van der Waals surface area contributed by atoms with Gasteiger partial charge in [0.15, 0.2) is 0 Å². The summed E-state index contributed by atoms with van der Waals surface area (Å²) in [5, 5.41) is 2.33. The molecular formula is C56H48N4O+2. The van der Waals surface area contributed by atoms with Gasteiger partial charge in [-0.1, -0.05) is 139 Å². The molecule has 7 aromatic carbocycles. The molecule has 5 heteroatoms. The van der Waals surface area contributed by atoms with Gasteiger partial charge in [0.05, 0.1) is 28.2 Å². The molecule has 10 rings (SSSR count). The summed E-state index contributed by atoms with van der Waals surface area (Å²) in [5.74, 6) is 2.37. The summed E-state index contributed by atoms with van der Waals surface area (Å²) in [6.07, 6.45) is 1.92. The Kier molecular flexibility index (Phi) is 9.16. The van der Waals surface area contributed by atoms with E-state index in [1.165, 1.54) is 16.5 Å². The van der Waals surface area contributed by atoms with Crippen molar-refractivity contribution in [2.45, 2.75) is 52.4 Å². The quantitative estimate of drug-likeness (QED) is 0.151. The van der Waals surface area contributed by atoms with E-state index in [1.54, 1.807) is 0 Å². The molecular weight excluding hydrogens is 745 g/mol. The van der Waals surface area contributed by atoms with E-state index in [4.69, 9.17) is 9.72 Å². The molecule has 0 atom stereocenters. The van der Waals surface area contributed by atoms with E-state index in [1.807, 2.05) is 12.3 Å². The van der Waals surface area contributed by atoms with Crippen molar-refractivity contribution in [3.63, 3.8) is 0 Å². The number of hydrogen-bond acceptors (Lipinski definition) is 2. The smallest absolute Gasteiger partial charge is 0.457 e. The van der Waals surface area contributed by atoms with E-state index in [9.17, 15) is 0 Å². The maximum absolute atomic E-state index is 6.75. The van der Waals surface area contributed by atoms with Crippen LogP contribution in [0.4, 0.5) is 22.7 Å². The fourth-order valence-electron chi connectivity index (χ4n) is 8.49. The third-order valence-corrected chi connectivity index (χ3v) is 11.7. The first-order valence-electron chi connectivity index (χ1n) is 21.0. The number of benzene rings is 7. The summed E-state index contributed by atoms with van der Waals surface area (Å²) in [4.78, 5) is 4.88. The fraction of sp³-hybridized carbons (Fsp3) is 0.143. The first-order valence-corrected chi connectivity index (χ1v) is 21.0. The third-order valence-electron chi connectivity index (χ3n) is 11.7. The first-order chi connectivity index (χ1) is 29.5. The minimum atomic E-state index is -0.0657. The van der Waals surface area contributed by atoms with Crippen LogP contribution in [0.1, 0.15) is 52.7 Å². The highest BCUT2D eigenvalue weighted by Crippen LogP contribution is 2.47. The molecule has 5 nitrogen and oxygen atoms in total. The summed E-state index contributed by atoms with van der Waals surface area (Å²) in [6.45, 7) is 13.6. The fourth-order valence-corrected chi connectivity index (χ4v) is 8.49. The predicted octanol–water partition coefficient (Wildman–Crippen LogP) is 14.8. The van der Waals surface area contributed by atoms with Gasteiger partial charge in [-0.05, 0) is 90.8 Å². The molecule has 0 unspecified atom stereocenters. The normalized spacial score (nSPS) is 12.7. The number of ether oxygens (including phenoxy) is 1. The van der Waals surface area contributed by atoms with Gasteiger partial charge in [-0.2, -0.15) is 0 Å². The summed E-state index contributed by atoms with van der Waals surface area (Å²) >= 11 is 0. The van der Waals surface area contributed by atoms with E-state index in [0.29, 0.717) is 0 Å². The van der Waals surface area contributed by atoms with Crippen LogP contribution >= 0.6 is 0 Å². The van der Waals surface area contributed by atoms with Gasteiger partial charge < -0.3 is 4.74 Å². The summed E-state index contributed by atoms with van der Waals surface area (Å²) < 4.78 is 13.4. The molecule has 0 amide bonds. The molecule has 0 fully saturated rings. The van der Waals surface area contributed by atoms with Crippen LogP contribution in [-0.4, -0.2) is 15.6 Å². The van der Waals surface area contributed by atoms with Gasteiger partial charge in [-0.25, -0.2) is 4.98 Å². The Morgan fingerprint density at radius 3 is 1.75 bits per heavy atom. The van der Waals surface area contributed by atoms with E-state index in [0.717, 1.165) is 78.7 Å². The predicted molar refractivity (Wildman–Crippen MR) is 254 cm³/mol. The molecule has 0 radical (unpaired) electrons. The second kappa shape index (κ2) is 14.7. The average Bonchev–Trinajstić information content (AvgIpc) is 3.82. The molecule has 0 N–H and O–H groups in total. The molecule has 0 spiro atoms. The molecule has 0 bridgehead atoms. The lowest BCUT2D eigenvalue weighted by Crippen LogP contribution is -2.13. The lowest BCUT2D eigenvalue weighted by Gasteiger charge is -2.22. The van der Waals surface area contributed by atoms with E-state index >= 15 is 0 Å². The highest BCUT2D eigenvalue weighted by Gasteiger charge is 2.40. The molecule has 0 saturated carbocycles. The number of para-hydroxylation sites is 3. The van der Waals surface area contributed by atoms with Crippen LogP contribution in [0.15, 0.2) is 182 Å². The number of nitrogens with zero attached hydrogens (tertiary/aromatic N) is 4. The maximum atomic E-state index is 6.75. The third kappa shape index (κ3) is 6.93. The van der Waals surface area contributed by atoms with Gasteiger partial charge in [0.25, 0.3) is 11.4 Å². The van der Waals surface area contributed by atoms with Crippen molar-refractivity contribution in [3.8, 4) is 39.6 Å². The number of rotatable bonds is 7. The highest BCUT2D eigenvalue weighted by molar-refractivity contribution is 6.09. The lowest BCUT2D eigenvalue weighted by atomic mass is 9.82. The molecule has 1 aliphatic rings. The van der Waals surface area contributed by atoms with Crippen molar-refractivity contribution in [1.82, 2.24) is 18.7 Å². The molecule has 9 aromatic rings. The van der Waals surface area contributed by atoms with Crippen LogP contribution in [0, 0.1) is 0 Å². The van der Waals surface area contributed by atoms with Gasteiger partial charge in [-0.3, -0.25) is 4.57 Å². The van der Waals surface area contributed by atoms with Crippen molar-refractivity contribution in [2.75, 3.05) is 0 Å². The monoisotopic (exact) mass is 792 g/mol. The van der Waals surface area contributed by atoms with Crippen LogP contribution in [0.5, 0.6) is 11.5 Å². The molecule has 61 heavy (non-hydrogen) atoms. The number of fused-ring (bicyclic) bond motifs is 4. The minimum Gasteiger partial charge on any atom is -0.457 e. The van der Waals surface area contributed by atoms with E-state index in [-0.39, 0.29) is 10.8 Å². The lowest BCUT2D eigenvalue weighted by molar-refractivity contribution is 0.483. The standard InChI is InChI=1S/C56H48N4O/c1-55(2,3)40-30-31-57-53(34-40)60-49-25-14-13-24-45(49)46-29-28-44(36-52(46)60)61-43-23-17-22-42(35-43)58-37-59(51-27-16-15-26-50(51)58)54-47(38-18-9-7-10-19-38)32-41(56(4,5)6)33-48(54)39-20-11-8-12-21-39/h7-36H,1-6H3/q+2. The van der Waals surface area contributed by atoms with Gasteiger partial charge >= 0.3 is 6.01 Å². The van der Waals surface area contributed by atoms with Crippen molar-refractivity contribution in [1.29, 1.82) is 0 Å². The zero-order chi connectivity index (χ0) is 41.9. The van der Waals surface area contributed by atoms with Gasteiger partial charge in [0, 0.05) is 41.2 Å². The molecule has 2 aromatic heterocycles. The van der Waals surface area contributed by atoms with Crippen molar-refractivity contribution < 1.29 is 4.74 Å². The zero-order valence-electron chi connectivity index (χ0n) is 35.5. The zero-order valence-corrected chi connectivity index (χ0v) is 35.5. The largest absolute Gasteiger partial charge is 0.503 e. The number of hydrogen-bond donors (Lipinski definition) is 0. The van der Waals surface area contributed by atoms with Crippen LogP contribution < -0.4 is 13.9 Å².